The number of rotatable bonds is 3. The van der Waals surface area contributed by atoms with E-state index in [1.165, 1.54) is 41.5 Å². The summed E-state index contributed by atoms with van der Waals surface area (Å²) >= 11 is 7.13. The van der Waals surface area contributed by atoms with Crippen LogP contribution in [0.15, 0.2) is 18.2 Å². The van der Waals surface area contributed by atoms with Gasteiger partial charge < -0.3 is 9.64 Å². The van der Waals surface area contributed by atoms with Crippen LogP contribution in [0.5, 0.6) is 0 Å². The smallest absolute Gasteiger partial charge is 0.413 e. The van der Waals surface area contributed by atoms with Gasteiger partial charge in [0, 0.05) is 28.9 Å². The number of thiazole rings is 1. The highest BCUT2D eigenvalue weighted by Crippen LogP contribution is 2.31. The number of anilines is 1. The van der Waals surface area contributed by atoms with Crippen molar-refractivity contribution in [1.29, 1.82) is 0 Å². The highest BCUT2D eigenvalue weighted by atomic mass is 35.5. The Morgan fingerprint density at radius 2 is 2.23 bits per heavy atom. The molecule has 1 aromatic carbocycles. The van der Waals surface area contributed by atoms with Gasteiger partial charge in [-0.05, 0) is 12.1 Å². The first-order valence-corrected chi connectivity index (χ1v) is 8.65. The molecule has 2 heterocycles. The summed E-state index contributed by atoms with van der Waals surface area (Å²) in [5.41, 5.74) is 0.442. The molecule has 1 aromatic heterocycles. The molecule has 9 nitrogen and oxygen atoms in total. The number of methoxy groups -OCH3 is 1. The third-order valence-corrected chi connectivity index (χ3v) is 5.03. The lowest BCUT2D eigenvalue weighted by molar-refractivity contribution is -0.385. The van der Waals surface area contributed by atoms with Crippen molar-refractivity contribution < 1.29 is 19.2 Å². The fraction of sp³-hybridized carbons (Fsp3) is 0.267. The van der Waals surface area contributed by atoms with Crippen molar-refractivity contribution in [3.8, 4) is 0 Å². The molecule has 3 rings (SSSR count). The van der Waals surface area contributed by atoms with Crippen molar-refractivity contribution in [3.05, 3.63) is 49.5 Å². The summed E-state index contributed by atoms with van der Waals surface area (Å²) in [6, 6.07) is 3.89. The molecule has 2 amide bonds. The third-order valence-electron chi connectivity index (χ3n) is 3.80. The van der Waals surface area contributed by atoms with Gasteiger partial charge in [0.15, 0.2) is 5.13 Å². The van der Waals surface area contributed by atoms with Gasteiger partial charge in [-0.15, -0.1) is 0 Å². The number of fused-ring (bicyclic) bond motifs is 1. The Labute approximate surface area is 156 Å². The number of hydrogen-bond acceptors (Lipinski definition) is 7. The van der Waals surface area contributed by atoms with E-state index in [2.05, 4.69) is 15.0 Å². The number of benzene rings is 1. The first-order chi connectivity index (χ1) is 12.4. The number of ether oxygens (including phenoxy) is 1. The molecule has 26 heavy (non-hydrogen) atoms. The molecule has 2 aromatic rings. The number of halogens is 1. The Morgan fingerprint density at radius 1 is 1.46 bits per heavy atom. The van der Waals surface area contributed by atoms with E-state index in [-0.39, 0.29) is 22.8 Å². The number of nitrogens with zero attached hydrogens (tertiary/aromatic N) is 3. The maximum atomic E-state index is 12.8. The van der Waals surface area contributed by atoms with Gasteiger partial charge in [-0.2, -0.15) is 0 Å². The van der Waals surface area contributed by atoms with Gasteiger partial charge in [-0.3, -0.25) is 20.2 Å². The molecular weight excluding hydrogens is 384 g/mol. The number of hydrogen-bond donors (Lipinski definition) is 1. The Kier molecular flexibility index (Phi) is 5.05. The minimum atomic E-state index is -0.626. The SMILES string of the molecule is COC(=O)Nc1nc2c(s1)CN(C(=O)c1cc(Cl)ccc1[N+](=O)[O-])CC2. The van der Waals surface area contributed by atoms with Crippen LogP contribution in [0.25, 0.3) is 0 Å². The van der Waals surface area contributed by atoms with Crippen LogP contribution in [0, 0.1) is 10.1 Å². The lowest BCUT2D eigenvalue weighted by Gasteiger charge is -2.26. The molecule has 11 heteroatoms. The largest absolute Gasteiger partial charge is 0.453 e. The van der Waals surface area contributed by atoms with Gasteiger partial charge in [0.2, 0.25) is 0 Å². The van der Waals surface area contributed by atoms with Gasteiger partial charge in [0.25, 0.3) is 11.6 Å². The zero-order valence-electron chi connectivity index (χ0n) is 13.5. The van der Waals surface area contributed by atoms with E-state index in [1.807, 2.05) is 0 Å². The van der Waals surface area contributed by atoms with Crippen LogP contribution >= 0.6 is 22.9 Å². The maximum Gasteiger partial charge on any atom is 0.413 e. The summed E-state index contributed by atoms with van der Waals surface area (Å²) in [5.74, 6) is -0.472. The number of carbonyl (C=O) groups is 2. The molecular formula is C15H13ClN4O5S. The fourth-order valence-electron chi connectivity index (χ4n) is 2.57. The Balaban J connectivity index is 1.83. The first kappa shape index (κ1) is 18.1. The lowest BCUT2D eigenvalue weighted by atomic mass is 10.1. The molecule has 1 aliphatic heterocycles. The van der Waals surface area contributed by atoms with E-state index in [9.17, 15) is 19.7 Å². The van der Waals surface area contributed by atoms with Crippen LogP contribution in [0.3, 0.4) is 0 Å². The molecule has 0 saturated carbocycles. The van der Waals surface area contributed by atoms with Crippen molar-refractivity contribution in [2.45, 2.75) is 13.0 Å². The molecule has 0 unspecified atom stereocenters. The molecule has 0 aliphatic carbocycles. The van der Waals surface area contributed by atoms with Crippen LogP contribution in [-0.2, 0) is 17.7 Å². The van der Waals surface area contributed by atoms with E-state index in [0.717, 1.165) is 10.6 Å². The van der Waals surface area contributed by atoms with Gasteiger partial charge in [-0.1, -0.05) is 22.9 Å². The standard InChI is InChI=1S/C15H13ClN4O5S/c1-25-15(22)18-14-17-10-4-5-19(7-12(10)26-14)13(21)9-6-8(16)2-3-11(9)20(23)24/h2-3,6H,4-5,7H2,1H3,(H,17,18,22). The van der Waals surface area contributed by atoms with Gasteiger partial charge >= 0.3 is 6.09 Å². The molecule has 0 fully saturated rings. The first-order valence-electron chi connectivity index (χ1n) is 7.46. The monoisotopic (exact) mass is 396 g/mol. The summed E-state index contributed by atoms with van der Waals surface area (Å²) in [5, 5.41) is 14.3. The summed E-state index contributed by atoms with van der Waals surface area (Å²) < 4.78 is 4.53. The summed E-state index contributed by atoms with van der Waals surface area (Å²) in [6.45, 7) is 0.606. The molecule has 0 radical (unpaired) electrons. The van der Waals surface area contributed by atoms with Gasteiger partial charge in [0.05, 0.1) is 24.3 Å². The molecule has 1 N–H and O–H groups in total. The van der Waals surface area contributed by atoms with Crippen molar-refractivity contribution in [2.75, 3.05) is 19.0 Å². The maximum absolute atomic E-state index is 12.8. The van der Waals surface area contributed by atoms with E-state index in [4.69, 9.17) is 11.6 Å². The van der Waals surface area contributed by atoms with Crippen molar-refractivity contribution in [1.82, 2.24) is 9.88 Å². The molecule has 0 atom stereocenters. The summed E-state index contributed by atoms with van der Waals surface area (Å²) in [6.07, 6.45) is -0.145. The number of aromatic nitrogens is 1. The van der Waals surface area contributed by atoms with Crippen molar-refractivity contribution in [2.24, 2.45) is 0 Å². The van der Waals surface area contributed by atoms with Crippen LogP contribution in [0.2, 0.25) is 5.02 Å². The predicted octanol–water partition coefficient (Wildman–Crippen LogP) is 3.08. The predicted molar refractivity (Wildman–Crippen MR) is 94.7 cm³/mol. The highest BCUT2D eigenvalue weighted by molar-refractivity contribution is 7.15. The van der Waals surface area contributed by atoms with Crippen molar-refractivity contribution in [3.63, 3.8) is 0 Å². The molecule has 0 spiro atoms. The molecule has 0 bridgehead atoms. The topological polar surface area (TPSA) is 115 Å². The average molecular weight is 397 g/mol. The van der Waals surface area contributed by atoms with E-state index in [0.29, 0.717) is 18.1 Å². The molecule has 0 saturated heterocycles. The summed E-state index contributed by atoms with van der Waals surface area (Å²) in [4.78, 5) is 41.2. The number of carbonyl (C=O) groups excluding carboxylic acids is 2. The highest BCUT2D eigenvalue weighted by Gasteiger charge is 2.29. The second kappa shape index (κ2) is 7.26. The van der Waals surface area contributed by atoms with Crippen LogP contribution in [0.1, 0.15) is 20.9 Å². The molecule has 1 aliphatic rings. The quantitative estimate of drug-likeness (QED) is 0.629. The van der Waals surface area contributed by atoms with E-state index >= 15 is 0 Å². The minimum Gasteiger partial charge on any atom is -0.453 e. The van der Waals surface area contributed by atoms with E-state index in [1.54, 1.807) is 0 Å². The Morgan fingerprint density at radius 3 is 2.92 bits per heavy atom. The van der Waals surface area contributed by atoms with Crippen LogP contribution < -0.4 is 5.32 Å². The van der Waals surface area contributed by atoms with Crippen molar-refractivity contribution >= 4 is 45.8 Å². The zero-order chi connectivity index (χ0) is 18.8. The Bertz CT molecular complexity index is 900. The number of nitro groups is 1. The number of nitrogens with one attached hydrogen (secondary N) is 1. The van der Waals surface area contributed by atoms with Gasteiger partial charge in [0.1, 0.15) is 5.56 Å². The third kappa shape index (κ3) is 3.60. The minimum absolute atomic E-state index is 0.0524. The number of amides is 2. The van der Waals surface area contributed by atoms with Crippen LogP contribution in [-0.4, -0.2) is 40.5 Å². The van der Waals surface area contributed by atoms with E-state index < -0.39 is 16.9 Å². The van der Waals surface area contributed by atoms with Crippen LogP contribution in [0.4, 0.5) is 15.6 Å². The second-order valence-corrected chi connectivity index (χ2v) is 6.92. The average Bonchev–Trinajstić information content (AvgIpc) is 3.01. The number of nitro benzene ring substituents is 1. The zero-order valence-corrected chi connectivity index (χ0v) is 15.1. The Hall–Kier alpha value is -2.72. The molecule has 136 valence electrons. The van der Waals surface area contributed by atoms with Gasteiger partial charge in [-0.25, -0.2) is 9.78 Å². The lowest BCUT2D eigenvalue weighted by Crippen LogP contribution is -2.35. The fourth-order valence-corrected chi connectivity index (χ4v) is 3.75. The summed E-state index contributed by atoms with van der Waals surface area (Å²) in [7, 11) is 1.25. The normalized spacial score (nSPS) is 13.1. The second-order valence-electron chi connectivity index (χ2n) is 5.40.